The molecule has 0 atom stereocenters. The monoisotopic (exact) mass is 211 g/mol. The molecular weight excluding hydrogens is 203 g/mol. The van der Waals surface area contributed by atoms with E-state index in [1.807, 2.05) is 5.92 Å². The Morgan fingerprint density at radius 1 is 1.38 bits per heavy atom. The van der Waals surface area contributed by atoms with Crippen molar-refractivity contribution in [3.05, 3.63) is 21.9 Å². The highest BCUT2D eigenvalue weighted by atomic mass is 32.1. The molecule has 0 aliphatic carbocycles. The van der Waals surface area contributed by atoms with Crippen LogP contribution in [0.15, 0.2) is 12.1 Å². The van der Waals surface area contributed by atoms with Gasteiger partial charge in [0.15, 0.2) is 5.78 Å². The Balaban J connectivity index is 0.00000144. The van der Waals surface area contributed by atoms with Crippen molar-refractivity contribution in [2.24, 2.45) is 0 Å². The van der Waals surface area contributed by atoms with Gasteiger partial charge < -0.3 is 0 Å². The zero-order valence-corrected chi connectivity index (χ0v) is 9.01. The van der Waals surface area contributed by atoms with E-state index in [2.05, 4.69) is 0 Å². The average Bonchev–Trinajstić information content (AvgIpc) is 2.51. The summed E-state index contributed by atoms with van der Waals surface area (Å²) in [6, 6.07) is 3.18. The van der Waals surface area contributed by atoms with Crippen molar-refractivity contribution in [3.8, 4) is 12.3 Å². The van der Waals surface area contributed by atoms with Crippen LogP contribution in [0.5, 0.6) is 0 Å². The topological polar surface area (TPSA) is 34.1 Å². The minimum atomic E-state index is -0.368. The van der Waals surface area contributed by atoms with Crippen LogP contribution in [0.1, 0.15) is 26.3 Å². The zero-order chi connectivity index (χ0) is 9.14. The second kappa shape index (κ2) is 4.91. The third kappa shape index (κ3) is 2.77. The van der Waals surface area contributed by atoms with Gasteiger partial charge in [-0.05, 0) is 25.0 Å². The first-order valence-electron chi connectivity index (χ1n) is 3.27. The Kier molecular flexibility index (Phi) is 4.55. The van der Waals surface area contributed by atoms with Crippen molar-refractivity contribution in [2.75, 3.05) is 0 Å². The summed E-state index contributed by atoms with van der Waals surface area (Å²) < 4.78 is 0. The van der Waals surface area contributed by atoms with Crippen LogP contribution in [0.4, 0.5) is 0 Å². The molecule has 0 N–H and O–H groups in total. The lowest BCUT2D eigenvalue weighted by Gasteiger charge is -1.84. The van der Waals surface area contributed by atoms with E-state index in [-0.39, 0.29) is 21.5 Å². The lowest BCUT2D eigenvalue weighted by molar-refractivity contribution is 0.102. The highest BCUT2D eigenvalue weighted by molar-refractivity contribution is 7.16. The molecule has 4 heteroatoms. The number of Topliss-reactive ketones (excluding diaryl/α,β-unsaturated/α-hetero) is 2. The third-order valence-corrected chi connectivity index (χ3v) is 2.49. The summed E-state index contributed by atoms with van der Waals surface area (Å²) in [5.74, 6) is 1.58. The molecular formula is C9H8O2PS. The van der Waals surface area contributed by atoms with Crippen LogP contribution in [-0.2, 0) is 0 Å². The summed E-state index contributed by atoms with van der Waals surface area (Å²) >= 11 is 1.13. The Labute approximate surface area is 84.0 Å². The number of hydrogen-bond acceptors (Lipinski definition) is 3. The van der Waals surface area contributed by atoms with Gasteiger partial charge in [-0.15, -0.1) is 27.7 Å². The molecule has 0 bridgehead atoms. The quantitative estimate of drug-likeness (QED) is 0.325. The maximum atomic E-state index is 10.9. The van der Waals surface area contributed by atoms with Crippen LogP contribution in [-0.4, -0.2) is 11.6 Å². The molecule has 1 rings (SSSR count). The number of terminal acetylenes is 1. The van der Waals surface area contributed by atoms with Crippen molar-refractivity contribution < 1.29 is 9.59 Å². The summed E-state index contributed by atoms with van der Waals surface area (Å²) in [5, 5.41) is 0. The Hall–Kier alpha value is -0.970. The van der Waals surface area contributed by atoms with Gasteiger partial charge in [-0.25, -0.2) is 0 Å². The van der Waals surface area contributed by atoms with Crippen molar-refractivity contribution in [3.63, 3.8) is 0 Å². The summed E-state index contributed by atoms with van der Waals surface area (Å²) in [7, 11) is 0. The van der Waals surface area contributed by atoms with Crippen molar-refractivity contribution >= 4 is 32.8 Å². The van der Waals surface area contributed by atoms with E-state index in [4.69, 9.17) is 6.42 Å². The van der Waals surface area contributed by atoms with Gasteiger partial charge in [0, 0.05) is 0 Å². The highest BCUT2D eigenvalue weighted by Crippen LogP contribution is 2.16. The Morgan fingerprint density at radius 2 is 1.92 bits per heavy atom. The molecule has 0 saturated carbocycles. The molecule has 13 heavy (non-hydrogen) atoms. The zero-order valence-electron chi connectivity index (χ0n) is 7.03. The summed E-state index contributed by atoms with van der Waals surface area (Å²) in [4.78, 5) is 22.7. The van der Waals surface area contributed by atoms with Gasteiger partial charge in [-0.2, -0.15) is 0 Å². The molecule has 0 saturated heterocycles. The average molecular weight is 211 g/mol. The lowest BCUT2D eigenvalue weighted by atomic mass is 10.3. The standard InChI is InChI=1S/C9H6O2S.H2P/c1-3-7(11)9-5-4-8(12-9)6(2)10;/h1,4-5H,2H3;1H2. The second-order valence-electron chi connectivity index (χ2n) is 2.19. The smallest absolute Gasteiger partial charge is 0.245 e. The fraction of sp³-hybridized carbons (Fsp3) is 0.111. The molecule has 1 heterocycles. The molecule has 2 nitrogen and oxygen atoms in total. The van der Waals surface area contributed by atoms with Crippen LogP contribution < -0.4 is 0 Å². The third-order valence-electron chi connectivity index (χ3n) is 1.31. The van der Waals surface area contributed by atoms with E-state index in [9.17, 15) is 9.59 Å². The minimum Gasteiger partial charge on any atom is -0.294 e. The van der Waals surface area contributed by atoms with Gasteiger partial charge in [-0.1, -0.05) is 0 Å². The first-order chi connectivity index (χ1) is 5.65. The predicted octanol–water partition coefficient (Wildman–Crippen LogP) is 2.09. The fourth-order valence-corrected chi connectivity index (χ4v) is 1.52. The number of carbonyl (C=O) groups excluding carboxylic acids is 2. The molecule has 0 aliphatic heterocycles. The van der Waals surface area contributed by atoms with Crippen LogP contribution in [0.3, 0.4) is 0 Å². The first kappa shape index (κ1) is 12.0. The molecule has 0 unspecified atom stereocenters. The fourth-order valence-electron chi connectivity index (χ4n) is 0.720. The number of hydrogen-bond donors (Lipinski definition) is 0. The molecule has 0 amide bonds. The van der Waals surface area contributed by atoms with Crippen LogP contribution in [0.25, 0.3) is 0 Å². The van der Waals surface area contributed by atoms with Gasteiger partial charge in [-0.3, -0.25) is 9.59 Å². The first-order valence-corrected chi connectivity index (χ1v) is 4.08. The second-order valence-corrected chi connectivity index (χ2v) is 3.28. The predicted molar refractivity (Wildman–Crippen MR) is 57.2 cm³/mol. The van der Waals surface area contributed by atoms with Gasteiger partial charge in [0.25, 0.3) is 0 Å². The maximum Gasteiger partial charge on any atom is 0.245 e. The molecule has 67 valence electrons. The number of rotatable bonds is 2. The van der Waals surface area contributed by atoms with E-state index >= 15 is 0 Å². The van der Waals surface area contributed by atoms with Gasteiger partial charge in [0.1, 0.15) is 0 Å². The minimum absolute atomic E-state index is 0. The SMILES string of the molecule is C#CC(=O)c1ccc(C(C)=O)s1.[PH2]. The van der Waals surface area contributed by atoms with Crippen molar-refractivity contribution in [2.45, 2.75) is 6.92 Å². The van der Waals surface area contributed by atoms with Crippen LogP contribution in [0, 0.1) is 12.3 Å². The van der Waals surface area contributed by atoms with Gasteiger partial charge >= 0.3 is 0 Å². The number of thiophene rings is 1. The molecule has 1 radical (unpaired) electrons. The summed E-state index contributed by atoms with van der Waals surface area (Å²) in [6.45, 7) is 1.45. The molecule has 0 aromatic carbocycles. The summed E-state index contributed by atoms with van der Waals surface area (Å²) in [6.07, 6.45) is 4.91. The normalized spacial score (nSPS) is 8.31. The molecule has 1 aromatic heterocycles. The van der Waals surface area contributed by atoms with E-state index in [1.54, 1.807) is 12.1 Å². The highest BCUT2D eigenvalue weighted by Gasteiger charge is 2.08. The Bertz CT molecular complexity index is 373. The van der Waals surface area contributed by atoms with Crippen LogP contribution in [0.2, 0.25) is 0 Å². The molecule has 0 aliphatic rings. The van der Waals surface area contributed by atoms with E-state index in [0.717, 1.165) is 11.3 Å². The largest absolute Gasteiger partial charge is 0.294 e. The molecule has 1 aromatic rings. The van der Waals surface area contributed by atoms with Crippen molar-refractivity contribution in [1.29, 1.82) is 0 Å². The number of ketones is 2. The Morgan fingerprint density at radius 3 is 2.31 bits per heavy atom. The maximum absolute atomic E-state index is 10.9. The lowest BCUT2D eigenvalue weighted by Crippen LogP contribution is -1.88. The van der Waals surface area contributed by atoms with Gasteiger partial charge in [0.2, 0.25) is 5.78 Å². The van der Waals surface area contributed by atoms with Crippen LogP contribution >= 0.6 is 21.2 Å². The molecule has 0 spiro atoms. The van der Waals surface area contributed by atoms with Crippen molar-refractivity contribution in [1.82, 2.24) is 0 Å². The number of carbonyl (C=O) groups is 2. The summed E-state index contributed by atoms with van der Waals surface area (Å²) in [5.41, 5.74) is 0. The molecule has 0 fully saturated rings. The van der Waals surface area contributed by atoms with E-state index in [0.29, 0.717) is 9.75 Å². The van der Waals surface area contributed by atoms with E-state index in [1.165, 1.54) is 6.92 Å². The van der Waals surface area contributed by atoms with Gasteiger partial charge in [0.05, 0.1) is 9.75 Å². The van der Waals surface area contributed by atoms with E-state index < -0.39 is 0 Å².